The molecule has 0 aliphatic heterocycles. The Morgan fingerprint density at radius 1 is 1.30 bits per heavy atom. The van der Waals surface area contributed by atoms with Crippen molar-refractivity contribution in [2.45, 2.75) is 6.92 Å². The van der Waals surface area contributed by atoms with E-state index in [1.165, 1.54) is 17.7 Å². The summed E-state index contributed by atoms with van der Waals surface area (Å²) in [5, 5.41) is 9.35. The molecule has 0 saturated heterocycles. The Balaban J connectivity index is 2.69. The first kappa shape index (κ1) is 14.1. The van der Waals surface area contributed by atoms with Gasteiger partial charge in [0, 0.05) is 5.69 Å². The summed E-state index contributed by atoms with van der Waals surface area (Å²) in [5.41, 5.74) is 0.212. The first-order valence-corrected chi connectivity index (χ1v) is 6.13. The molecule has 0 amide bonds. The van der Waals surface area contributed by atoms with Crippen molar-refractivity contribution in [3.05, 3.63) is 57.0 Å². The summed E-state index contributed by atoms with van der Waals surface area (Å²) in [5.74, 6) is -0.779. The maximum absolute atomic E-state index is 12.2. The predicted molar refractivity (Wildman–Crippen MR) is 75.3 cm³/mol. The minimum absolute atomic E-state index is 0.289. The van der Waals surface area contributed by atoms with Crippen molar-refractivity contribution in [1.82, 2.24) is 4.57 Å². The van der Waals surface area contributed by atoms with Gasteiger partial charge in [-0.15, -0.1) is 0 Å². The van der Waals surface area contributed by atoms with Crippen LogP contribution < -0.4 is 10.3 Å². The third kappa shape index (κ3) is 2.40. The predicted octanol–water partition coefficient (Wildman–Crippen LogP) is 2.51. The van der Waals surface area contributed by atoms with E-state index in [0.29, 0.717) is 22.2 Å². The minimum atomic E-state index is -1.26. The van der Waals surface area contributed by atoms with E-state index in [9.17, 15) is 9.59 Å². The number of benzene rings is 1. The Kier molecular flexibility index (Phi) is 3.81. The molecule has 0 bridgehead atoms. The van der Waals surface area contributed by atoms with Crippen LogP contribution in [0.3, 0.4) is 0 Å². The number of halogens is 1. The maximum atomic E-state index is 12.2. The van der Waals surface area contributed by atoms with Gasteiger partial charge in [-0.25, -0.2) is 4.79 Å². The van der Waals surface area contributed by atoms with E-state index in [1.54, 1.807) is 31.2 Å². The van der Waals surface area contributed by atoms with Gasteiger partial charge in [0.1, 0.15) is 11.3 Å². The second-order valence-electron chi connectivity index (χ2n) is 4.15. The van der Waals surface area contributed by atoms with Crippen molar-refractivity contribution in [1.29, 1.82) is 0 Å². The van der Waals surface area contributed by atoms with E-state index in [4.69, 9.17) is 21.4 Å². The molecule has 2 rings (SSSR count). The summed E-state index contributed by atoms with van der Waals surface area (Å²) in [6, 6.07) is 7.69. The Hall–Kier alpha value is -2.27. The molecule has 1 aromatic heterocycles. The highest BCUT2D eigenvalue weighted by Crippen LogP contribution is 2.26. The quantitative estimate of drug-likeness (QED) is 0.944. The number of nitrogens with zero attached hydrogens (tertiary/aromatic N) is 1. The van der Waals surface area contributed by atoms with Crippen LogP contribution in [0.1, 0.15) is 16.1 Å². The number of hydrogen-bond acceptors (Lipinski definition) is 3. The second-order valence-corrected chi connectivity index (χ2v) is 4.56. The zero-order valence-corrected chi connectivity index (χ0v) is 11.6. The lowest BCUT2D eigenvalue weighted by molar-refractivity contribution is 0.0694. The maximum Gasteiger partial charge on any atom is 0.341 e. The number of methoxy groups -OCH3 is 1. The van der Waals surface area contributed by atoms with Crippen LogP contribution in [0, 0.1) is 6.92 Å². The standard InChI is InChI=1S/C14H12ClNO4/c1-8-3-5-10(14(18)19)13(17)16(8)9-4-6-12(20-2)11(15)7-9/h3-7H,1-2H3,(H,18,19). The summed E-state index contributed by atoms with van der Waals surface area (Å²) in [6.45, 7) is 1.71. The molecule has 1 aromatic carbocycles. The third-order valence-corrected chi connectivity index (χ3v) is 3.20. The topological polar surface area (TPSA) is 68.5 Å². The summed E-state index contributed by atoms with van der Waals surface area (Å²) in [7, 11) is 1.49. The van der Waals surface area contributed by atoms with E-state index in [2.05, 4.69) is 0 Å². The van der Waals surface area contributed by atoms with Gasteiger partial charge in [-0.05, 0) is 37.3 Å². The molecule has 0 unspecified atom stereocenters. The number of carboxylic acids is 1. The number of aromatic nitrogens is 1. The van der Waals surface area contributed by atoms with E-state index in [-0.39, 0.29) is 5.56 Å². The highest BCUT2D eigenvalue weighted by atomic mass is 35.5. The normalized spacial score (nSPS) is 10.3. The van der Waals surface area contributed by atoms with E-state index < -0.39 is 11.5 Å². The van der Waals surface area contributed by atoms with Gasteiger partial charge >= 0.3 is 5.97 Å². The van der Waals surface area contributed by atoms with Crippen LogP contribution in [-0.4, -0.2) is 22.8 Å². The average molecular weight is 294 g/mol. The van der Waals surface area contributed by atoms with Crippen LogP contribution in [0.25, 0.3) is 5.69 Å². The molecule has 0 saturated carbocycles. The zero-order chi connectivity index (χ0) is 14.9. The third-order valence-electron chi connectivity index (χ3n) is 2.90. The van der Waals surface area contributed by atoms with E-state index >= 15 is 0 Å². The second kappa shape index (κ2) is 5.38. The van der Waals surface area contributed by atoms with Crippen LogP contribution in [0.4, 0.5) is 0 Å². The van der Waals surface area contributed by atoms with Crippen LogP contribution in [0.15, 0.2) is 35.1 Å². The molecule has 2 aromatic rings. The van der Waals surface area contributed by atoms with Gasteiger partial charge in [-0.2, -0.15) is 0 Å². The van der Waals surface area contributed by atoms with Gasteiger partial charge in [0.05, 0.1) is 17.8 Å². The Morgan fingerprint density at radius 2 is 2.00 bits per heavy atom. The fraction of sp³-hybridized carbons (Fsp3) is 0.143. The smallest absolute Gasteiger partial charge is 0.341 e. The molecule has 0 aliphatic carbocycles. The first-order chi connectivity index (χ1) is 9.45. The summed E-state index contributed by atoms with van der Waals surface area (Å²) in [6.07, 6.45) is 0. The minimum Gasteiger partial charge on any atom is -0.495 e. The lowest BCUT2D eigenvalue weighted by Gasteiger charge is -2.12. The largest absolute Gasteiger partial charge is 0.495 e. The highest BCUT2D eigenvalue weighted by Gasteiger charge is 2.14. The lowest BCUT2D eigenvalue weighted by Crippen LogP contribution is -2.26. The Labute approximate surface area is 120 Å². The zero-order valence-electron chi connectivity index (χ0n) is 10.9. The summed E-state index contributed by atoms with van der Waals surface area (Å²) in [4.78, 5) is 23.2. The van der Waals surface area contributed by atoms with Gasteiger partial charge in [0.2, 0.25) is 0 Å². The van der Waals surface area contributed by atoms with Crippen molar-refractivity contribution < 1.29 is 14.6 Å². The summed E-state index contributed by atoms with van der Waals surface area (Å²) < 4.78 is 6.35. The van der Waals surface area contributed by atoms with Gasteiger partial charge in [0.25, 0.3) is 5.56 Å². The van der Waals surface area contributed by atoms with Crippen LogP contribution in [0.2, 0.25) is 5.02 Å². The van der Waals surface area contributed by atoms with Crippen molar-refractivity contribution in [3.63, 3.8) is 0 Å². The molecule has 0 spiro atoms. The van der Waals surface area contributed by atoms with Crippen LogP contribution in [-0.2, 0) is 0 Å². The molecule has 104 valence electrons. The number of aromatic carboxylic acids is 1. The molecule has 1 heterocycles. The molecular weight excluding hydrogens is 282 g/mol. The Bertz CT molecular complexity index is 736. The Morgan fingerprint density at radius 3 is 2.55 bits per heavy atom. The van der Waals surface area contributed by atoms with Crippen molar-refractivity contribution in [2.75, 3.05) is 7.11 Å². The number of aryl methyl sites for hydroxylation is 1. The fourth-order valence-electron chi connectivity index (χ4n) is 1.91. The number of rotatable bonds is 3. The highest BCUT2D eigenvalue weighted by molar-refractivity contribution is 6.32. The molecule has 20 heavy (non-hydrogen) atoms. The number of hydrogen-bond donors (Lipinski definition) is 1. The SMILES string of the molecule is COc1ccc(-n2c(C)ccc(C(=O)O)c2=O)cc1Cl. The monoisotopic (exact) mass is 293 g/mol. The number of pyridine rings is 1. The number of ether oxygens (including phenoxy) is 1. The van der Waals surface area contributed by atoms with Gasteiger partial charge in [-0.1, -0.05) is 11.6 Å². The van der Waals surface area contributed by atoms with Gasteiger partial charge in [0.15, 0.2) is 0 Å². The molecule has 6 heteroatoms. The van der Waals surface area contributed by atoms with Gasteiger partial charge < -0.3 is 9.84 Å². The van der Waals surface area contributed by atoms with Gasteiger partial charge in [-0.3, -0.25) is 9.36 Å². The molecule has 0 fully saturated rings. The van der Waals surface area contributed by atoms with Crippen molar-refractivity contribution in [3.8, 4) is 11.4 Å². The molecule has 5 nitrogen and oxygen atoms in total. The molecule has 0 aliphatic rings. The summed E-state index contributed by atoms with van der Waals surface area (Å²) >= 11 is 6.03. The van der Waals surface area contributed by atoms with Crippen molar-refractivity contribution >= 4 is 17.6 Å². The van der Waals surface area contributed by atoms with Crippen LogP contribution >= 0.6 is 11.6 Å². The van der Waals surface area contributed by atoms with Crippen molar-refractivity contribution in [2.24, 2.45) is 0 Å². The molecular formula is C14H12ClNO4. The van der Waals surface area contributed by atoms with E-state index in [0.717, 1.165) is 0 Å². The average Bonchev–Trinajstić information content (AvgIpc) is 2.38. The molecule has 0 atom stereocenters. The fourth-order valence-corrected chi connectivity index (χ4v) is 2.16. The molecule has 0 radical (unpaired) electrons. The number of carbonyl (C=O) groups is 1. The van der Waals surface area contributed by atoms with Crippen LogP contribution in [0.5, 0.6) is 5.75 Å². The number of carboxylic acid groups (broad SMARTS) is 1. The lowest BCUT2D eigenvalue weighted by atomic mass is 10.2. The molecule has 1 N–H and O–H groups in total. The van der Waals surface area contributed by atoms with E-state index in [1.807, 2.05) is 0 Å². The first-order valence-electron chi connectivity index (χ1n) is 5.75.